The van der Waals surface area contributed by atoms with Crippen molar-refractivity contribution in [3.05, 3.63) is 27.7 Å². The van der Waals surface area contributed by atoms with Crippen LogP contribution in [0.15, 0.2) is 21.5 Å². The molecule has 0 heterocycles. The average Bonchev–Trinajstić information content (AvgIpc) is 2.10. The summed E-state index contributed by atoms with van der Waals surface area (Å²) in [5.74, 6) is -0.995. The van der Waals surface area contributed by atoms with Gasteiger partial charge in [-0.3, -0.25) is 4.79 Å². The number of sulfone groups is 1. The Morgan fingerprint density at radius 3 is 2.44 bits per heavy atom. The molecule has 0 fully saturated rings. The number of hydrogen-bond acceptors (Lipinski definition) is 3. The van der Waals surface area contributed by atoms with Crippen molar-refractivity contribution in [3.8, 4) is 0 Å². The number of carboxylic acids is 1. The second-order valence-corrected chi connectivity index (χ2v) is 6.36. The fourth-order valence-electron chi connectivity index (χ4n) is 1.31. The van der Waals surface area contributed by atoms with Crippen LogP contribution >= 0.6 is 15.9 Å². The van der Waals surface area contributed by atoms with Crippen molar-refractivity contribution in [3.63, 3.8) is 0 Å². The van der Waals surface area contributed by atoms with Gasteiger partial charge in [0.25, 0.3) is 0 Å². The second-order valence-electron chi connectivity index (χ2n) is 3.56. The van der Waals surface area contributed by atoms with E-state index in [2.05, 4.69) is 15.9 Å². The molecule has 0 radical (unpaired) electrons. The maximum atomic E-state index is 11.4. The van der Waals surface area contributed by atoms with Crippen LogP contribution in [0.1, 0.15) is 11.1 Å². The van der Waals surface area contributed by atoms with E-state index in [-0.39, 0.29) is 11.3 Å². The van der Waals surface area contributed by atoms with Crippen LogP contribution < -0.4 is 0 Å². The number of hydrogen-bond donors (Lipinski definition) is 1. The highest BCUT2D eigenvalue weighted by Crippen LogP contribution is 2.26. The molecule has 0 aliphatic carbocycles. The van der Waals surface area contributed by atoms with E-state index in [0.29, 0.717) is 15.6 Å². The predicted octanol–water partition coefficient (Wildman–Crippen LogP) is 1.79. The second kappa shape index (κ2) is 4.55. The summed E-state index contributed by atoms with van der Waals surface area (Å²) < 4.78 is 23.4. The molecule has 0 saturated heterocycles. The van der Waals surface area contributed by atoms with E-state index in [4.69, 9.17) is 5.11 Å². The first-order chi connectivity index (χ1) is 7.21. The molecule has 0 aromatic heterocycles. The number of halogens is 1. The van der Waals surface area contributed by atoms with Gasteiger partial charge in [0.15, 0.2) is 9.84 Å². The van der Waals surface area contributed by atoms with Crippen molar-refractivity contribution in [1.29, 1.82) is 0 Å². The van der Waals surface area contributed by atoms with Gasteiger partial charge >= 0.3 is 5.97 Å². The van der Waals surface area contributed by atoms with Crippen LogP contribution in [0.2, 0.25) is 0 Å². The van der Waals surface area contributed by atoms with E-state index < -0.39 is 15.8 Å². The minimum Gasteiger partial charge on any atom is -0.481 e. The average molecular weight is 307 g/mol. The molecule has 88 valence electrons. The Morgan fingerprint density at radius 2 is 2.00 bits per heavy atom. The van der Waals surface area contributed by atoms with Crippen molar-refractivity contribution >= 4 is 31.7 Å². The molecule has 6 heteroatoms. The van der Waals surface area contributed by atoms with Crippen LogP contribution in [-0.2, 0) is 21.1 Å². The van der Waals surface area contributed by atoms with Gasteiger partial charge < -0.3 is 5.11 Å². The summed E-state index contributed by atoms with van der Waals surface area (Å²) in [7, 11) is -3.31. The summed E-state index contributed by atoms with van der Waals surface area (Å²) in [4.78, 5) is 10.8. The summed E-state index contributed by atoms with van der Waals surface area (Å²) in [6, 6.07) is 2.91. The Labute approximate surface area is 102 Å². The van der Waals surface area contributed by atoms with E-state index in [1.165, 1.54) is 12.1 Å². The summed E-state index contributed by atoms with van der Waals surface area (Å²) >= 11 is 3.25. The molecule has 0 spiro atoms. The van der Waals surface area contributed by atoms with Crippen molar-refractivity contribution in [2.45, 2.75) is 18.2 Å². The smallest absolute Gasteiger partial charge is 0.307 e. The Bertz CT molecular complexity index is 534. The lowest BCUT2D eigenvalue weighted by atomic mass is 10.1. The summed E-state index contributed by atoms with van der Waals surface area (Å²) in [5.41, 5.74) is 1.17. The SMILES string of the molecule is Cc1cc(S(C)(=O)=O)cc(CC(=O)O)c1Br. The molecule has 0 unspecified atom stereocenters. The molecule has 1 N–H and O–H groups in total. The zero-order valence-corrected chi connectivity index (χ0v) is 11.2. The number of carbonyl (C=O) groups is 1. The highest BCUT2D eigenvalue weighted by Gasteiger charge is 2.14. The number of rotatable bonds is 3. The first kappa shape index (κ1) is 13.2. The molecule has 0 bridgehead atoms. The Hall–Kier alpha value is -0.880. The van der Waals surface area contributed by atoms with Gasteiger partial charge in [0.05, 0.1) is 11.3 Å². The van der Waals surface area contributed by atoms with E-state index in [9.17, 15) is 13.2 Å². The highest BCUT2D eigenvalue weighted by atomic mass is 79.9. The fourth-order valence-corrected chi connectivity index (χ4v) is 2.43. The molecule has 1 rings (SSSR count). The maximum absolute atomic E-state index is 11.4. The zero-order valence-electron chi connectivity index (χ0n) is 8.82. The minimum absolute atomic E-state index is 0.143. The standard InChI is InChI=1S/C10H11BrO4S/c1-6-3-8(16(2,14)15)4-7(10(6)11)5-9(12)13/h3-4H,5H2,1-2H3,(H,12,13). The van der Waals surface area contributed by atoms with Gasteiger partial charge in [-0.15, -0.1) is 0 Å². The maximum Gasteiger partial charge on any atom is 0.307 e. The number of carboxylic acid groups (broad SMARTS) is 1. The van der Waals surface area contributed by atoms with Crippen molar-refractivity contribution in [2.75, 3.05) is 6.26 Å². The molecule has 0 aliphatic heterocycles. The molecule has 16 heavy (non-hydrogen) atoms. The summed E-state index contributed by atoms with van der Waals surface area (Å²) in [5, 5.41) is 8.71. The summed E-state index contributed by atoms with van der Waals surface area (Å²) in [6.07, 6.45) is 0.894. The normalized spacial score (nSPS) is 11.4. The Morgan fingerprint density at radius 1 is 1.44 bits per heavy atom. The number of aryl methyl sites for hydroxylation is 1. The van der Waals surface area contributed by atoms with E-state index in [0.717, 1.165) is 6.26 Å². The predicted molar refractivity (Wildman–Crippen MR) is 63.3 cm³/mol. The van der Waals surface area contributed by atoms with Crippen molar-refractivity contribution < 1.29 is 18.3 Å². The van der Waals surface area contributed by atoms with Crippen molar-refractivity contribution in [2.24, 2.45) is 0 Å². The molecule has 0 amide bonds. The molecule has 0 aliphatic rings. The quantitative estimate of drug-likeness (QED) is 0.924. The van der Waals surface area contributed by atoms with Crippen LogP contribution in [0.5, 0.6) is 0 Å². The minimum atomic E-state index is -3.31. The lowest BCUT2D eigenvalue weighted by Gasteiger charge is -2.08. The molecule has 1 aromatic rings. The molecule has 0 saturated carbocycles. The van der Waals surface area contributed by atoms with E-state index in [1.54, 1.807) is 6.92 Å². The van der Waals surface area contributed by atoms with E-state index >= 15 is 0 Å². The Balaban J connectivity index is 3.39. The zero-order chi connectivity index (χ0) is 12.5. The highest BCUT2D eigenvalue weighted by molar-refractivity contribution is 9.10. The summed E-state index contributed by atoms with van der Waals surface area (Å²) in [6.45, 7) is 1.73. The van der Waals surface area contributed by atoms with Crippen LogP contribution in [0.25, 0.3) is 0 Å². The third-order valence-corrected chi connectivity index (χ3v) is 4.30. The van der Waals surface area contributed by atoms with Crippen LogP contribution in [0.4, 0.5) is 0 Å². The van der Waals surface area contributed by atoms with Gasteiger partial charge in [-0.2, -0.15) is 0 Å². The number of aliphatic carboxylic acids is 1. The Kier molecular flexibility index (Phi) is 3.75. The molecule has 4 nitrogen and oxygen atoms in total. The van der Waals surface area contributed by atoms with Gasteiger partial charge in [-0.25, -0.2) is 8.42 Å². The lowest BCUT2D eigenvalue weighted by Crippen LogP contribution is -2.05. The monoisotopic (exact) mass is 306 g/mol. The lowest BCUT2D eigenvalue weighted by molar-refractivity contribution is -0.136. The van der Waals surface area contributed by atoms with Crippen LogP contribution in [0.3, 0.4) is 0 Å². The van der Waals surface area contributed by atoms with E-state index in [1.807, 2.05) is 0 Å². The molecule has 0 atom stereocenters. The van der Waals surface area contributed by atoms with Gasteiger partial charge in [-0.05, 0) is 30.2 Å². The molecular weight excluding hydrogens is 296 g/mol. The topological polar surface area (TPSA) is 71.4 Å². The molecular formula is C10H11BrO4S. The third kappa shape index (κ3) is 3.05. The third-order valence-electron chi connectivity index (χ3n) is 2.07. The fraction of sp³-hybridized carbons (Fsp3) is 0.300. The van der Waals surface area contributed by atoms with Crippen LogP contribution in [0, 0.1) is 6.92 Å². The van der Waals surface area contributed by atoms with Gasteiger partial charge in [-0.1, -0.05) is 15.9 Å². The van der Waals surface area contributed by atoms with Crippen LogP contribution in [-0.4, -0.2) is 25.7 Å². The largest absolute Gasteiger partial charge is 0.481 e. The first-order valence-electron chi connectivity index (χ1n) is 4.42. The molecule has 1 aromatic carbocycles. The first-order valence-corrected chi connectivity index (χ1v) is 7.11. The number of benzene rings is 1. The van der Waals surface area contributed by atoms with Gasteiger partial charge in [0.2, 0.25) is 0 Å². The van der Waals surface area contributed by atoms with Gasteiger partial charge in [0, 0.05) is 10.7 Å². The van der Waals surface area contributed by atoms with Crippen molar-refractivity contribution in [1.82, 2.24) is 0 Å². The van der Waals surface area contributed by atoms with Gasteiger partial charge in [0.1, 0.15) is 0 Å².